The molecule has 0 aliphatic heterocycles. The minimum Gasteiger partial charge on any atom is -0.336 e. The number of pyridine rings is 1. The first kappa shape index (κ1) is 15.1. The lowest BCUT2D eigenvalue weighted by molar-refractivity contribution is -0.141. The van der Waals surface area contributed by atoms with Crippen molar-refractivity contribution in [2.24, 2.45) is 0 Å². The Morgan fingerprint density at radius 1 is 1.15 bits per heavy atom. The second-order valence-electron chi connectivity index (χ2n) is 3.75. The Kier molecular flexibility index (Phi) is 4.19. The normalized spacial score (nSPS) is 11.5. The molecule has 106 valence electrons. The quantitative estimate of drug-likeness (QED) is 0.717. The lowest BCUT2D eigenvalue weighted by atomic mass is 10.3. The van der Waals surface area contributed by atoms with Crippen LogP contribution in [-0.4, -0.2) is 4.98 Å². The number of rotatable bonds is 2. The number of para-hydroxylation sites is 1. The highest BCUT2D eigenvalue weighted by Gasteiger charge is 2.33. The Bertz CT molecular complexity index is 626. The molecule has 0 atom stereocenters. The zero-order valence-electron chi connectivity index (χ0n) is 9.60. The van der Waals surface area contributed by atoms with Gasteiger partial charge in [-0.15, -0.1) is 0 Å². The molecule has 2 nitrogen and oxygen atoms in total. The topological polar surface area (TPSA) is 24.9 Å². The van der Waals surface area contributed by atoms with E-state index in [2.05, 4.69) is 26.2 Å². The van der Waals surface area contributed by atoms with Crippen LogP contribution < -0.4 is 5.32 Å². The van der Waals surface area contributed by atoms with E-state index < -0.39 is 17.7 Å². The fraction of sp³-hybridized carbons (Fsp3) is 0.0833. The van der Waals surface area contributed by atoms with Crippen LogP contribution in [0.5, 0.6) is 0 Å². The molecule has 1 N–H and O–H groups in total. The van der Waals surface area contributed by atoms with Crippen molar-refractivity contribution in [2.75, 3.05) is 5.32 Å². The van der Waals surface area contributed by atoms with Crippen LogP contribution in [0.25, 0.3) is 0 Å². The van der Waals surface area contributed by atoms with E-state index in [1.165, 1.54) is 18.2 Å². The summed E-state index contributed by atoms with van der Waals surface area (Å²) in [5, 5.41) is 2.49. The first-order valence-electron chi connectivity index (χ1n) is 5.24. The molecule has 0 saturated heterocycles. The fourth-order valence-corrected chi connectivity index (χ4v) is 1.95. The molecule has 0 fully saturated rings. The van der Waals surface area contributed by atoms with Gasteiger partial charge in [0.1, 0.15) is 17.3 Å². The Morgan fingerprint density at radius 2 is 1.85 bits per heavy atom. The molecule has 20 heavy (non-hydrogen) atoms. The molecular weight excluding hydrogens is 363 g/mol. The maximum absolute atomic E-state index is 13.6. The van der Waals surface area contributed by atoms with Crippen LogP contribution in [0.15, 0.2) is 34.8 Å². The molecule has 1 aromatic heterocycles. The molecule has 0 spiro atoms. The third kappa shape index (κ3) is 3.21. The van der Waals surface area contributed by atoms with Crippen LogP contribution >= 0.6 is 27.5 Å². The van der Waals surface area contributed by atoms with Gasteiger partial charge in [0.05, 0.1) is 15.2 Å². The molecule has 2 aromatic rings. The number of alkyl halides is 3. The summed E-state index contributed by atoms with van der Waals surface area (Å²) in [5.41, 5.74) is -1.22. The van der Waals surface area contributed by atoms with Gasteiger partial charge in [-0.2, -0.15) is 13.2 Å². The monoisotopic (exact) mass is 368 g/mol. The van der Waals surface area contributed by atoms with Gasteiger partial charge >= 0.3 is 6.18 Å². The number of hydrogen-bond donors (Lipinski definition) is 1. The van der Waals surface area contributed by atoms with Crippen molar-refractivity contribution in [3.8, 4) is 0 Å². The standard InChI is InChI=1S/C12H6BrClF4N2/c13-6-4-5-9(12(16,17)18)19-11(6)20-10-7(14)2-1-3-8(10)15/h1-5H,(H,19,20). The highest BCUT2D eigenvalue weighted by atomic mass is 79.9. The number of nitrogens with zero attached hydrogens (tertiary/aromatic N) is 1. The molecule has 0 saturated carbocycles. The first-order chi connectivity index (χ1) is 9.29. The summed E-state index contributed by atoms with van der Waals surface area (Å²) < 4.78 is 51.6. The highest BCUT2D eigenvalue weighted by molar-refractivity contribution is 9.10. The van der Waals surface area contributed by atoms with Crippen molar-refractivity contribution in [3.05, 3.63) is 51.3 Å². The minimum atomic E-state index is -4.59. The van der Waals surface area contributed by atoms with Gasteiger partial charge < -0.3 is 5.32 Å². The number of anilines is 2. The number of halogens is 6. The largest absolute Gasteiger partial charge is 0.433 e. The third-order valence-corrected chi connectivity index (χ3v) is 3.30. The third-order valence-electron chi connectivity index (χ3n) is 2.34. The Hall–Kier alpha value is -1.34. The molecule has 1 aromatic carbocycles. The molecule has 0 radical (unpaired) electrons. The van der Waals surface area contributed by atoms with E-state index in [9.17, 15) is 17.6 Å². The average Bonchev–Trinajstić information content (AvgIpc) is 2.34. The Labute approximate surface area is 124 Å². The van der Waals surface area contributed by atoms with E-state index >= 15 is 0 Å². The van der Waals surface area contributed by atoms with Crippen molar-refractivity contribution >= 4 is 39.0 Å². The molecule has 0 aliphatic carbocycles. The highest BCUT2D eigenvalue weighted by Crippen LogP contribution is 2.34. The van der Waals surface area contributed by atoms with Gasteiger partial charge in [-0.25, -0.2) is 9.37 Å². The van der Waals surface area contributed by atoms with Crippen molar-refractivity contribution < 1.29 is 17.6 Å². The predicted molar refractivity (Wildman–Crippen MR) is 71.6 cm³/mol. The fourth-order valence-electron chi connectivity index (χ4n) is 1.42. The van der Waals surface area contributed by atoms with Crippen LogP contribution in [0.2, 0.25) is 5.02 Å². The molecule has 0 unspecified atom stereocenters. The Morgan fingerprint density at radius 3 is 2.45 bits per heavy atom. The summed E-state index contributed by atoms with van der Waals surface area (Å²) >= 11 is 8.84. The van der Waals surface area contributed by atoms with Gasteiger partial charge in [0, 0.05) is 0 Å². The summed E-state index contributed by atoms with van der Waals surface area (Å²) in [6.45, 7) is 0. The molecule has 0 bridgehead atoms. The van der Waals surface area contributed by atoms with E-state index in [-0.39, 0.29) is 21.0 Å². The minimum absolute atomic E-state index is 0.0381. The van der Waals surface area contributed by atoms with Gasteiger partial charge in [0.15, 0.2) is 0 Å². The second kappa shape index (κ2) is 5.57. The maximum Gasteiger partial charge on any atom is 0.433 e. The first-order valence-corrected chi connectivity index (χ1v) is 6.41. The van der Waals surface area contributed by atoms with E-state index in [4.69, 9.17) is 11.6 Å². The summed E-state index contributed by atoms with van der Waals surface area (Å²) in [7, 11) is 0. The molecule has 1 heterocycles. The van der Waals surface area contributed by atoms with E-state index in [0.717, 1.165) is 12.1 Å². The van der Waals surface area contributed by atoms with E-state index in [1.807, 2.05) is 0 Å². The van der Waals surface area contributed by atoms with Gasteiger partial charge in [-0.3, -0.25) is 0 Å². The summed E-state index contributed by atoms with van der Waals surface area (Å²) in [5.74, 6) is -0.865. The maximum atomic E-state index is 13.6. The summed E-state index contributed by atoms with van der Waals surface area (Å²) in [6.07, 6.45) is -4.59. The van der Waals surface area contributed by atoms with Crippen LogP contribution in [0, 0.1) is 5.82 Å². The second-order valence-corrected chi connectivity index (χ2v) is 5.01. The number of aromatic nitrogens is 1. The molecule has 2 rings (SSSR count). The van der Waals surface area contributed by atoms with Gasteiger partial charge in [-0.05, 0) is 40.2 Å². The average molecular weight is 370 g/mol. The number of nitrogens with one attached hydrogen (secondary N) is 1. The smallest absolute Gasteiger partial charge is 0.336 e. The lowest BCUT2D eigenvalue weighted by Gasteiger charge is -2.12. The number of hydrogen-bond acceptors (Lipinski definition) is 2. The lowest BCUT2D eigenvalue weighted by Crippen LogP contribution is -2.09. The van der Waals surface area contributed by atoms with Crippen LogP contribution in [-0.2, 0) is 6.18 Å². The van der Waals surface area contributed by atoms with E-state index in [1.54, 1.807) is 0 Å². The molecule has 0 aliphatic rings. The SMILES string of the molecule is Fc1cccc(Cl)c1Nc1nc(C(F)(F)F)ccc1Br. The summed E-state index contributed by atoms with van der Waals surface area (Å²) in [4.78, 5) is 3.41. The van der Waals surface area contributed by atoms with Crippen molar-refractivity contribution in [1.29, 1.82) is 0 Å². The van der Waals surface area contributed by atoms with E-state index in [0.29, 0.717) is 0 Å². The van der Waals surface area contributed by atoms with Crippen molar-refractivity contribution in [3.63, 3.8) is 0 Å². The van der Waals surface area contributed by atoms with Gasteiger partial charge in [0.25, 0.3) is 0 Å². The molecule has 0 amide bonds. The number of benzene rings is 1. The van der Waals surface area contributed by atoms with Crippen LogP contribution in [0.3, 0.4) is 0 Å². The zero-order chi connectivity index (χ0) is 14.9. The van der Waals surface area contributed by atoms with Crippen molar-refractivity contribution in [2.45, 2.75) is 6.18 Å². The van der Waals surface area contributed by atoms with Crippen molar-refractivity contribution in [1.82, 2.24) is 4.98 Å². The molecule has 8 heteroatoms. The Balaban J connectivity index is 2.43. The van der Waals surface area contributed by atoms with Crippen LogP contribution in [0.1, 0.15) is 5.69 Å². The van der Waals surface area contributed by atoms with Gasteiger partial charge in [-0.1, -0.05) is 17.7 Å². The molecular formula is C12H6BrClF4N2. The van der Waals surface area contributed by atoms with Gasteiger partial charge in [0.2, 0.25) is 0 Å². The summed E-state index contributed by atoms with van der Waals surface area (Å²) in [6, 6.07) is 5.92. The zero-order valence-corrected chi connectivity index (χ0v) is 11.9. The predicted octanol–water partition coefficient (Wildman–Crippen LogP) is 5.40. The van der Waals surface area contributed by atoms with Crippen LogP contribution in [0.4, 0.5) is 29.1 Å².